The van der Waals surface area contributed by atoms with E-state index in [4.69, 9.17) is 0 Å². The van der Waals surface area contributed by atoms with E-state index >= 15 is 0 Å². The second kappa shape index (κ2) is 5.76. The Kier molecular flexibility index (Phi) is 3.82. The van der Waals surface area contributed by atoms with Crippen molar-refractivity contribution < 1.29 is 4.39 Å². The Morgan fingerprint density at radius 1 is 1.43 bits per heavy atom. The first kappa shape index (κ1) is 13.9. The molecule has 21 heavy (non-hydrogen) atoms. The minimum absolute atomic E-state index is 0.192. The molecule has 1 saturated carbocycles. The molecule has 0 atom stereocenters. The summed E-state index contributed by atoms with van der Waals surface area (Å²) in [5.41, 5.74) is 2.16. The van der Waals surface area contributed by atoms with Crippen molar-refractivity contribution in [3.05, 3.63) is 35.8 Å². The summed E-state index contributed by atoms with van der Waals surface area (Å²) in [5.74, 6) is 0.672. The summed E-state index contributed by atoms with van der Waals surface area (Å²) in [6, 6.07) is 5.56. The van der Waals surface area contributed by atoms with Crippen LogP contribution in [0.1, 0.15) is 18.4 Å². The number of nitrogens with one attached hydrogen (secondary N) is 2. The van der Waals surface area contributed by atoms with Gasteiger partial charge in [0.25, 0.3) is 0 Å². The van der Waals surface area contributed by atoms with Crippen LogP contribution in [0.4, 0.5) is 4.39 Å². The predicted octanol–water partition coefficient (Wildman–Crippen LogP) is 2.19. The quantitative estimate of drug-likeness (QED) is 0.669. The maximum atomic E-state index is 13.3. The lowest BCUT2D eigenvalue weighted by atomic mass is 10.1. The number of aryl methyl sites for hydroxylation is 1. The number of halogens is 1. The number of hydrogen-bond donors (Lipinski definition) is 2. The summed E-state index contributed by atoms with van der Waals surface area (Å²) >= 11 is 0. The van der Waals surface area contributed by atoms with Gasteiger partial charge >= 0.3 is 0 Å². The molecule has 0 spiro atoms. The highest BCUT2D eigenvalue weighted by Gasteiger charge is 2.21. The molecular weight excluding hydrogens is 267 g/mol. The first-order valence-corrected chi connectivity index (χ1v) is 7.38. The van der Waals surface area contributed by atoms with Gasteiger partial charge in [0.2, 0.25) is 0 Å². The van der Waals surface area contributed by atoms with E-state index in [1.807, 2.05) is 17.7 Å². The highest BCUT2D eigenvalue weighted by Crippen LogP contribution is 2.22. The van der Waals surface area contributed by atoms with E-state index < -0.39 is 0 Å². The Hall–Kier alpha value is -2.04. The molecule has 1 aliphatic rings. The largest absolute Gasteiger partial charge is 0.356 e. The molecule has 4 nitrogen and oxygen atoms in total. The molecule has 0 radical (unpaired) electrons. The van der Waals surface area contributed by atoms with Crippen molar-refractivity contribution in [3.63, 3.8) is 0 Å². The average molecular weight is 288 g/mol. The van der Waals surface area contributed by atoms with Gasteiger partial charge in [0, 0.05) is 38.3 Å². The van der Waals surface area contributed by atoms with E-state index in [0.717, 1.165) is 29.8 Å². The van der Waals surface area contributed by atoms with Gasteiger partial charge < -0.3 is 15.2 Å². The van der Waals surface area contributed by atoms with E-state index in [0.29, 0.717) is 6.04 Å². The first-order chi connectivity index (χ1) is 10.2. The highest BCUT2D eigenvalue weighted by atomic mass is 19.1. The average Bonchev–Trinajstić information content (AvgIpc) is 3.23. The molecule has 3 rings (SSSR count). The van der Waals surface area contributed by atoms with Gasteiger partial charge in [0.1, 0.15) is 5.82 Å². The summed E-state index contributed by atoms with van der Waals surface area (Å²) < 4.78 is 15.3. The molecular formula is C16H21FN4. The van der Waals surface area contributed by atoms with Gasteiger partial charge in [0.15, 0.2) is 5.96 Å². The van der Waals surface area contributed by atoms with Gasteiger partial charge in [-0.3, -0.25) is 4.99 Å². The standard InChI is InChI=1S/C16H21FN4/c1-18-16(20-13-4-5-13)19-8-7-11-10-21(2)15-9-12(17)3-6-14(11)15/h3,6,9-10,13H,4-5,7-8H2,1-2H3,(H2,18,19,20). The first-order valence-electron chi connectivity index (χ1n) is 7.38. The summed E-state index contributed by atoms with van der Waals surface area (Å²) in [5, 5.41) is 7.81. The molecule has 0 unspecified atom stereocenters. The lowest BCUT2D eigenvalue weighted by molar-refractivity contribution is 0.629. The fourth-order valence-electron chi connectivity index (χ4n) is 2.57. The molecule has 0 amide bonds. The number of aromatic nitrogens is 1. The number of aliphatic imine (C=N–C) groups is 1. The zero-order valence-electron chi connectivity index (χ0n) is 12.5. The van der Waals surface area contributed by atoms with E-state index in [1.165, 1.54) is 24.5 Å². The van der Waals surface area contributed by atoms with Crippen molar-refractivity contribution in [1.82, 2.24) is 15.2 Å². The fourth-order valence-corrected chi connectivity index (χ4v) is 2.57. The zero-order chi connectivity index (χ0) is 14.8. The summed E-state index contributed by atoms with van der Waals surface area (Å²) in [6.45, 7) is 0.808. The van der Waals surface area contributed by atoms with E-state index in [1.54, 1.807) is 13.1 Å². The number of guanidine groups is 1. The molecule has 2 aromatic rings. The van der Waals surface area contributed by atoms with Gasteiger partial charge in [-0.25, -0.2) is 4.39 Å². The van der Waals surface area contributed by atoms with Crippen LogP contribution in [0.2, 0.25) is 0 Å². The van der Waals surface area contributed by atoms with Crippen molar-refractivity contribution in [3.8, 4) is 0 Å². The minimum atomic E-state index is -0.192. The third-order valence-electron chi connectivity index (χ3n) is 3.86. The normalized spacial score (nSPS) is 15.5. The van der Waals surface area contributed by atoms with Crippen LogP contribution in [0.5, 0.6) is 0 Å². The summed E-state index contributed by atoms with van der Waals surface area (Å²) in [4.78, 5) is 4.22. The summed E-state index contributed by atoms with van der Waals surface area (Å²) in [6.07, 6.45) is 5.42. The SMILES string of the molecule is CN=C(NCCc1cn(C)c2cc(F)ccc12)NC1CC1. The lowest BCUT2D eigenvalue weighted by Gasteiger charge is -2.10. The van der Waals surface area contributed by atoms with Crippen LogP contribution < -0.4 is 10.6 Å². The summed E-state index contributed by atoms with van der Waals surface area (Å²) in [7, 11) is 3.74. The van der Waals surface area contributed by atoms with Crippen LogP contribution in [-0.4, -0.2) is 30.2 Å². The van der Waals surface area contributed by atoms with Crippen molar-refractivity contribution in [2.75, 3.05) is 13.6 Å². The molecule has 1 fully saturated rings. The van der Waals surface area contributed by atoms with E-state index in [9.17, 15) is 4.39 Å². The Labute approximate surface area is 124 Å². The van der Waals surface area contributed by atoms with Crippen molar-refractivity contribution >= 4 is 16.9 Å². The minimum Gasteiger partial charge on any atom is -0.356 e. The van der Waals surface area contributed by atoms with Crippen molar-refractivity contribution in [2.24, 2.45) is 12.0 Å². The molecule has 112 valence electrons. The molecule has 1 aliphatic carbocycles. The number of hydrogen-bond acceptors (Lipinski definition) is 1. The second-order valence-corrected chi connectivity index (χ2v) is 5.59. The van der Waals surface area contributed by atoms with Crippen LogP contribution in [-0.2, 0) is 13.5 Å². The number of nitrogens with zero attached hydrogens (tertiary/aromatic N) is 2. The van der Waals surface area contributed by atoms with Crippen LogP contribution in [0.25, 0.3) is 10.9 Å². The Balaban J connectivity index is 1.65. The molecule has 0 saturated heterocycles. The molecule has 0 bridgehead atoms. The second-order valence-electron chi connectivity index (χ2n) is 5.59. The molecule has 2 N–H and O–H groups in total. The molecule has 1 aromatic carbocycles. The molecule has 1 aromatic heterocycles. The number of rotatable bonds is 4. The topological polar surface area (TPSA) is 41.4 Å². The smallest absolute Gasteiger partial charge is 0.191 e. The van der Waals surface area contributed by atoms with Gasteiger partial charge in [-0.2, -0.15) is 0 Å². The van der Waals surface area contributed by atoms with Crippen molar-refractivity contribution in [2.45, 2.75) is 25.3 Å². The molecule has 5 heteroatoms. The van der Waals surface area contributed by atoms with Gasteiger partial charge in [-0.15, -0.1) is 0 Å². The highest BCUT2D eigenvalue weighted by molar-refractivity contribution is 5.84. The Morgan fingerprint density at radius 3 is 2.95 bits per heavy atom. The number of fused-ring (bicyclic) bond motifs is 1. The third kappa shape index (κ3) is 3.17. The monoisotopic (exact) mass is 288 g/mol. The lowest BCUT2D eigenvalue weighted by Crippen LogP contribution is -2.39. The predicted molar refractivity (Wildman–Crippen MR) is 84.1 cm³/mol. The zero-order valence-corrected chi connectivity index (χ0v) is 12.5. The van der Waals surface area contributed by atoms with Gasteiger partial charge in [-0.05, 0) is 43.0 Å². The molecule has 1 heterocycles. The fraction of sp³-hybridized carbons (Fsp3) is 0.438. The van der Waals surface area contributed by atoms with E-state index in [-0.39, 0.29) is 5.82 Å². The maximum absolute atomic E-state index is 13.3. The Bertz CT molecular complexity index is 670. The molecule has 0 aliphatic heterocycles. The third-order valence-corrected chi connectivity index (χ3v) is 3.86. The van der Waals surface area contributed by atoms with Gasteiger partial charge in [0.05, 0.1) is 5.52 Å². The van der Waals surface area contributed by atoms with Crippen LogP contribution >= 0.6 is 0 Å². The van der Waals surface area contributed by atoms with Gasteiger partial charge in [-0.1, -0.05) is 0 Å². The van der Waals surface area contributed by atoms with E-state index in [2.05, 4.69) is 21.8 Å². The van der Waals surface area contributed by atoms with Crippen LogP contribution in [0.15, 0.2) is 29.4 Å². The van der Waals surface area contributed by atoms with Crippen LogP contribution in [0.3, 0.4) is 0 Å². The maximum Gasteiger partial charge on any atom is 0.191 e. The van der Waals surface area contributed by atoms with Crippen LogP contribution in [0, 0.1) is 5.82 Å². The number of benzene rings is 1. The van der Waals surface area contributed by atoms with Crippen molar-refractivity contribution in [1.29, 1.82) is 0 Å². The Morgan fingerprint density at radius 2 is 2.24 bits per heavy atom.